The lowest BCUT2D eigenvalue weighted by Crippen LogP contribution is -2.32. The van der Waals surface area contributed by atoms with E-state index >= 15 is 0 Å². The van der Waals surface area contributed by atoms with Gasteiger partial charge in [-0.05, 0) is 0 Å². The van der Waals surface area contributed by atoms with Crippen molar-refractivity contribution in [2.45, 2.75) is 6.43 Å². The molecule has 4 heteroatoms. The molecule has 0 heterocycles. The highest BCUT2D eigenvalue weighted by Crippen LogP contribution is 1.96. The van der Waals surface area contributed by atoms with Gasteiger partial charge in [0.2, 0.25) is 0 Å². The van der Waals surface area contributed by atoms with Crippen LogP contribution in [-0.4, -0.2) is 30.8 Å². The van der Waals surface area contributed by atoms with Crippen molar-refractivity contribution >= 4 is 5.91 Å². The summed E-state index contributed by atoms with van der Waals surface area (Å²) in [6.07, 6.45) is 1.82. The van der Waals surface area contributed by atoms with E-state index in [9.17, 15) is 13.6 Å². The quantitative estimate of drug-likeness (QED) is 0.516. The number of terminal acetylenes is 1. The van der Waals surface area contributed by atoms with Crippen LogP contribution in [0.25, 0.3) is 0 Å². The molecule has 0 aliphatic carbocycles. The van der Waals surface area contributed by atoms with Gasteiger partial charge in [0.1, 0.15) is 0 Å². The van der Waals surface area contributed by atoms with E-state index < -0.39 is 12.3 Å². The van der Waals surface area contributed by atoms with Crippen LogP contribution in [0.1, 0.15) is 0 Å². The van der Waals surface area contributed by atoms with Crippen LogP contribution in [0.4, 0.5) is 8.78 Å². The minimum atomic E-state index is -2.96. The average Bonchev–Trinajstić information content (AvgIpc) is 1.87. The van der Waals surface area contributed by atoms with Crippen molar-refractivity contribution in [3.05, 3.63) is 0 Å². The van der Waals surface area contributed by atoms with E-state index in [1.165, 1.54) is 7.05 Å². The molecule has 0 spiro atoms. The highest BCUT2D eigenvalue weighted by atomic mass is 19.3. The van der Waals surface area contributed by atoms with Crippen molar-refractivity contribution in [1.29, 1.82) is 0 Å². The molecule has 2 nitrogen and oxygen atoms in total. The first kappa shape index (κ1) is 8.89. The van der Waals surface area contributed by atoms with Crippen molar-refractivity contribution in [3.63, 3.8) is 0 Å². The number of hydrogen-bond acceptors (Lipinski definition) is 1. The maximum atomic E-state index is 11.5. The number of carbonyl (C=O) groups is 1. The van der Waals surface area contributed by atoms with Gasteiger partial charge in [0.15, 0.2) is 0 Å². The highest BCUT2D eigenvalue weighted by Gasteiger charge is 2.18. The molecule has 0 aliphatic heterocycles. The molecular weight excluding hydrogens is 140 g/mol. The molecule has 1 amide bonds. The van der Waals surface area contributed by atoms with E-state index in [1.54, 1.807) is 0 Å². The number of rotatable bonds is 2. The van der Waals surface area contributed by atoms with Crippen LogP contribution in [0.2, 0.25) is 0 Å². The first-order chi connectivity index (χ1) is 4.59. The van der Waals surface area contributed by atoms with Gasteiger partial charge >= 0.3 is 6.43 Å². The monoisotopic (exact) mass is 147 g/mol. The zero-order chi connectivity index (χ0) is 8.15. The number of carbonyl (C=O) groups excluding carboxylic acids is 1. The maximum Gasteiger partial charge on any atom is 0.315 e. The summed E-state index contributed by atoms with van der Waals surface area (Å²) in [5.74, 6) is 0.837. The Morgan fingerprint density at radius 2 is 2.30 bits per heavy atom. The van der Waals surface area contributed by atoms with Crippen LogP contribution in [0.3, 0.4) is 0 Å². The molecule has 0 rings (SSSR count). The summed E-state index contributed by atoms with van der Waals surface area (Å²) >= 11 is 0. The highest BCUT2D eigenvalue weighted by molar-refractivity contribution is 5.79. The predicted octanol–water partition coefficient (Wildman–Crippen LogP) is 0.343. The summed E-state index contributed by atoms with van der Waals surface area (Å²) < 4.78 is 23.1. The van der Waals surface area contributed by atoms with Crippen LogP contribution in [0.5, 0.6) is 0 Å². The second-order valence-electron chi connectivity index (χ2n) is 1.70. The second kappa shape index (κ2) is 3.83. The fourth-order valence-corrected chi connectivity index (χ4v) is 0.381. The first-order valence-corrected chi connectivity index (χ1v) is 2.56. The molecule has 0 atom stereocenters. The van der Waals surface area contributed by atoms with Gasteiger partial charge in [-0.3, -0.25) is 4.79 Å². The molecule has 10 heavy (non-hydrogen) atoms. The molecule has 0 fully saturated rings. The van der Waals surface area contributed by atoms with Gasteiger partial charge in [-0.15, -0.1) is 6.42 Å². The second-order valence-corrected chi connectivity index (χ2v) is 1.70. The van der Waals surface area contributed by atoms with E-state index in [1.807, 2.05) is 0 Å². The van der Waals surface area contributed by atoms with E-state index in [0.29, 0.717) is 0 Å². The molecule has 0 saturated heterocycles. The zero-order valence-electron chi connectivity index (χ0n) is 5.47. The Morgan fingerprint density at radius 1 is 1.80 bits per heavy atom. The average molecular weight is 147 g/mol. The Morgan fingerprint density at radius 3 is 2.60 bits per heavy atom. The van der Waals surface area contributed by atoms with Gasteiger partial charge in [-0.1, -0.05) is 5.92 Å². The van der Waals surface area contributed by atoms with Crippen LogP contribution in [-0.2, 0) is 4.79 Å². The summed E-state index contributed by atoms with van der Waals surface area (Å²) in [5, 5.41) is 0. The van der Waals surface area contributed by atoms with Gasteiger partial charge in [-0.2, -0.15) is 8.78 Å². The molecule has 0 bridgehead atoms. The van der Waals surface area contributed by atoms with Gasteiger partial charge in [0.05, 0.1) is 6.54 Å². The molecule has 0 saturated carbocycles. The summed E-state index contributed by atoms with van der Waals surface area (Å²) in [4.78, 5) is 11.1. The van der Waals surface area contributed by atoms with E-state index in [2.05, 4.69) is 5.92 Å². The Bertz CT molecular complexity index is 162. The maximum absolute atomic E-state index is 11.5. The Balaban J connectivity index is 3.85. The molecule has 0 radical (unpaired) electrons. The molecule has 56 valence electrons. The molecule has 0 N–H and O–H groups in total. The van der Waals surface area contributed by atoms with Crippen molar-refractivity contribution in [1.82, 2.24) is 4.90 Å². The molecule has 0 aromatic heterocycles. The third kappa shape index (κ3) is 2.44. The fourth-order valence-electron chi connectivity index (χ4n) is 0.381. The summed E-state index contributed by atoms with van der Waals surface area (Å²) in [6.45, 7) is -0.0802. The largest absolute Gasteiger partial charge is 0.330 e. The van der Waals surface area contributed by atoms with Crippen LogP contribution >= 0.6 is 0 Å². The lowest BCUT2D eigenvalue weighted by molar-refractivity contribution is -0.140. The van der Waals surface area contributed by atoms with Crippen molar-refractivity contribution in [3.8, 4) is 12.3 Å². The standard InChI is InChI=1S/C6H7F2NO/c1-3-4-9(2)6(10)5(7)8/h1,5H,4H2,2H3. The first-order valence-electron chi connectivity index (χ1n) is 2.56. The van der Waals surface area contributed by atoms with Crippen molar-refractivity contribution in [2.24, 2.45) is 0 Å². The van der Waals surface area contributed by atoms with E-state index in [0.717, 1.165) is 4.90 Å². The number of halogens is 2. The smallest absolute Gasteiger partial charge is 0.315 e. The van der Waals surface area contributed by atoms with Crippen molar-refractivity contribution in [2.75, 3.05) is 13.6 Å². The predicted molar refractivity (Wildman–Crippen MR) is 32.5 cm³/mol. The van der Waals surface area contributed by atoms with Gasteiger partial charge in [-0.25, -0.2) is 0 Å². The van der Waals surface area contributed by atoms with Crippen molar-refractivity contribution < 1.29 is 13.6 Å². The molecular formula is C6H7F2NO. The summed E-state index contributed by atoms with van der Waals surface area (Å²) in [6, 6.07) is 0. The summed E-state index contributed by atoms with van der Waals surface area (Å²) in [5.41, 5.74) is 0. The Hall–Kier alpha value is -1.11. The molecule has 0 aliphatic rings. The van der Waals surface area contributed by atoms with Gasteiger partial charge in [0.25, 0.3) is 5.91 Å². The third-order valence-electron chi connectivity index (χ3n) is 0.891. The van der Waals surface area contributed by atoms with Crippen LogP contribution in [0.15, 0.2) is 0 Å². The van der Waals surface area contributed by atoms with Gasteiger partial charge < -0.3 is 4.90 Å². The number of hydrogen-bond donors (Lipinski definition) is 0. The summed E-state index contributed by atoms with van der Waals surface area (Å²) in [7, 11) is 1.23. The van der Waals surface area contributed by atoms with Crippen LogP contribution in [0, 0.1) is 12.3 Å². The Labute approximate surface area is 57.8 Å². The molecule has 0 unspecified atom stereocenters. The number of nitrogens with zero attached hydrogens (tertiary/aromatic N) is 1. The number of amides is 1. The molecule has 0 aromatic carbocycles. The Kier molecular flexibility index (Phi) is 3.40. The minimum absolute atomic E-state index is 0.0802. The lowest BCUT2D eigenvalue weighted by atomic mass is 10.5. The zero-order valence-corrected chi connectivity index (χ0v) is 5.47. The topological polar surface area (TPSA) is 20.3 Å². The fraction of sp³-hybridized carbons (Fsp3) is 0.500. The SMILES string of the molecule is C#CCN(C)C(=O)C(F)F. The number of alkyl halides is 2. The molecule has 0 aromatic rings. The normalized spacial score (nSPS) is 9.10. The van der Waals surface area contributed by atoms with E-state index in [-0.39, 0.29) is 6.54 Å². The van der Waals surface area contributed by atoms with Gasteiger partial charge in [0, 0.05) is 7.05 Å². The third-order valence-corrected chi connectivity index (χ3v) is 0.891. The lowest BCUT2D eigenvalue weighted by Gasteiger charge is -2.11. The van der Waals surface area contributed by atoms with E-state index in [4.69, 9.17) is 6.42 Å². The van der Waals surface area contributed by atoms with Crippen LogP contribution < -0.4 is 0 Å². The minimum Gasteiger partial charge on any atom is -0.330 e.